The topological polar surface area (TPSA) is 80.2 Å². The number of benzene rings is 3. The van der Waals surface area contributed by atoms with Gasteiger partial charge >= 0.3 is 0 Å². The van der Waals surface area contributed by atoms with Crippen LogP contribution in [0, 0.1) is 0 Å². The Kier molecular flexibility index (Phi) is 4.02. The molecule has 142 valence electrons. The quantitative estimate of drug-likeness (QED) is 0.452. The van der Waals surface area contributed by atoms with Crippen molar-refractivity contribution in [3.05, 3.63) is 83.0 Å². The van der Waals surface area contributed by atoms with Gasteiger partial charge in [-0.25, -0.2) is 4.98 Å². The highest BCUT2D eigenvalue weighted by Crippen LogP contribution is 2.26. The Morgan fingerprint density at radius 2 is 1.83 bits per heavy atom. The fourth-order valence-corrected chi connectivity index (χ4v) is 3.27. The summed E-state index contributed by atoms with van der Waals surface area (Å²) in [5.74, 6) is 1.81. The van der Waals surface area contributed by atoms with Gasteiger partial charge in [0, 0.05) is 17.3 Å². The van der Waals surface area contributed by atoms with Crippen molar-refractivity contribution < 1.29 is 9.15 Å². The number of fused-ring (bicyclic) bond motifs is 2. The lowest BCUT2D eigenvalue weighted by Gasteiger charge is -2.07. The van der Waals surface area contributed by atoms with Crippen LogP contribution in [-0.4, -0.2) is 17.1 Å². The molecule has 0 spiro atoms. The summed E-state index contributed by atoms with van der Waals surface area (Å²) >= 11 is 0. The van der Waals surface area contributed by atoms with Gasteiger partial charge in [-0.15, -0.1) is 0 Å². The molecule has 29 heavy (non-hydrogen) atoms. The van der Waals surface area contributed by atoms with Crippen LogP contribution in [-0.2, 0) is 0 Å². The van der Waals surface area contributed by atoms with E-state index < -0.39 is 0 Å². The molecule has 0 aliphatic heterocycles. The number of H-pyrrole nitrogens is 1. The number of hydrogen-bond donors (Lipinski definition) is 2. The standard InChI is InChI=1S/C23H17N3O3/c1-28-16-10-11-21-17(12-16)20(27)13-22(29-21)14-6-8-15(9-7-14)24-23-25-18-4-2-3-5-19(18)26-23/h2-13H,1H3,(H2,24,25,26). The molecule has 0 saturated heterocycles. The number of methoxy groups -OCH3 is 1. The summed E-state index contributed by atoms with van der Waals surface area (Å²) in [5.41, 5.74) is 3.99. The maximum absolute atomic E-state index is 12.5. The number of aromatic nitrogens is 2. The van der Waals surface area contributed by atoms with Gasteiger partial charge < -0.3 is 19.5 Å². The van der Waals surface area contributed by atoms with Crippen LogP contribution in [0.25, 0.3) is 33.3 Å². The number of nitrogens with zero attached hydrogens (tertiary/aromatic N) is 1. The summed E-state index contributed by atoms with van der Waals surface area (Å²) in [4.78, 5) is 20.2. The third-order valence-corrected chi connectivity index (χ3v) is 4.76. The number of anilines is 2. The number of rotatable bonds is 4. The second-order valence-electron chi connectivity index (χ2n) is 6.64. The zero-order chi connectivity index (χ0) is 19.8. The molecule has 0 aliphatic rings. The van der Waals surface area contributed by atoms with Gasteiger partial charge in [-0.2, -0.15) is 0 Å². The molecular formula is C23H17N3O3. The van der Waals surface area contributed by atoms with E-state index in [-0.39, 0.29) is 5.43 Å². The fourth-order valence-electron chi connectivity index (χ4n) is 3.27. The van der Waals surface area contributed by atoms with Gasteiger partial charge in [-0.1, -0.05) is 12.1 Å². The molecule has 0 atom stereocenters. The molecule has 2 aromatic heterocycles. The molecule has 6 nitrogen and oxygen atoms in total. The van der Waals surface area contributed by atoms with Crippen LogP contribution in [0.5, 0.6) is 5.75 Å². The first-order valence-electron chi connectivity index (χ1n) is 9.14. The molecule has 5 rings (SSSR count). The third-order valence-electron chi connectivity index (χ3n) is 4.76. The Bertz CT molecular complexity index is 1350. The lowest BCUT2D eigenvalue weighted by molar-refractivity contribution is 0.415. The van der Waals surface area contributed by atoms with E-state index in [2.05, 4.69) is 15.3 Å². The van der Waals surface area contributed by atoms with Gasteiger partial charge in [0.2, 0.25) is 5.95 Å². The van der Waals surface area contributed by atoms with Gasteiger partial charge in [0.05, 0.1) is 23.5 Å². The Morgan fingerprint density at radius 1 is 1.00 bits per heavy atom. The summed E-state index contributed by atoms with van der Waals surface area (Å²) in [6.07, 6.45) is 0. The van der Waals surface area contributed by atoms with E-state index in [0.717, 1.165) is 22.3 Å². The molecule has 0 bridgehead atoms. The van der Waals surface area contributed by atoms with Gasteiger partial charge in [-0.05, 0) is 54.6 Å². The number of nitrogens with one attached hydrogen (secondary N) is 2. The highest BCUT2D eigenvalue weighted by Gasteiger charge is 2.09. The van der Waals surface area contributed by atoms with Gasteiger partial charge in [-0.3, -0.25) is 4.79 Å². The second kappa shape index (κ2) is 6.83. The zero-order valence-corrected chi connectivity index (χ0v) is 15.6. The minimum absolute atomic E-state index is 0.107. The SMILES string of the molecule is COc1ccc2oc(-c3ccc(Nc4nc5ccccc5[nH]4)cc3)cc(=O)c2c1. The van der Waals surface area contributed by atoms with Gasteiger partial charge in [0.1, 0.15) is 17.1 Å². The fraction of sp³-hybridized carbons (Fsp3) is 0.0435. The first-order valence-corrected chi connectivity index (χ1v) is 9.14. The van der Waals surface area contributed by atoms with Crippen molar-refractivity contribution in [2.24, 2.45) is 0 Å². The van der Waals surface area contributed by atoms with E-state index in [9.17, 15) is 4.79 Å². The van der Waals surface area contributed by atoms with Crippen LogP contribution in [0.15, 0.2) is 82.0 Å². The molecule has 2 N–H and O–H groups in total. The normalized spacial score (nSPS) is 11.1. The molecule has 0 radical (unpaired) electrons. The number of imidazole rings is 1. The smallest absolute Gasteiger partial charge is 0.205 e. The van der Waals surface area contributed by atoms with Gasteiger partial charge in [0.15, 0.2) is 5.43 Å². The second-order valence-corrected chi connectivity index (χ2v) is 6.64. The number of para-hydroxylation sites is 2. The summed E-state index contributed by atoms with van der Waals surface area (Å²) in [6.45, 7) is 0. The largest absolute Gasteiger partial charge is 0.497 e. The minimum Gasteiger partial charge on any atom is -0.497 e. The highest BCUT2D eigenvalue weighted by molar-refractivity contribution is 5.81. The maximum atomic E-state index is 12.5. The van der Waals surface area contributed by atoms with E-state index in [1.807, 2.05) is 48.5 Å². The van der Waals surface area contributed by atoms with E-state index in [4.69, 9.17) is 9.15 Å². The minimum atomic E-state index is -0.107. The first kappa shape index (κ1) is 17.1. The van der Waals surface area contributed by atoms with Crippen molar-refractivity contribution in [3.8, 4) is 17.1 Å². The summed E-state index contributed by atoms with van der Waals surface area (Å²) < 4.78 is 11.1. The molecule has 0 saturated carbocycles. The molecule has 0 fully saturated rings. The molecular weight excluding hydrogens is 366 g/mol. The highest BCUT2D eigenvalue weighted by atomic mass is 16.5. The van der Waals surface area contributed by atoms with Crippen molar-refractivity contribution >= 4 is 33.6 Å². The van der Waals surface area contributed by atoms with Gasteiger partial charge in [0.25, 0.3) is 0 Å². The lowest BCUT2D eigenvalue weighted by atomic mass is 10.1. The molecule has 0 aliphatic carbocycles. The van der Waals surface area contributed by atoms with Crippen LogP contribution in [0.3, 0.4) is 0 Å². The molecule has 2 heterocycles. The van der Waals surface area contributed by atoms with Crippen molar-refractivity contribution in [2.45, 2.75) is 0 Å². The first-order chi connectivity index (χ1) is 14.2. The Labute approximate surface area is 165 Å². The third kappa shape index (κ3) is 3.21. The molecule has 0 amide bonds. The monoisotopic (exact) mass is 383 g/mol. The predicted molar refractivity (Wildman–Crippen MR) is 114 cm³/mol. The molecule has 5 aromatic rings. The average Bonchev–Trinajstić information content (AvgIpc) is 3.16. The van der Waals surface area contributed by atoms with E-state index in [0.29, 0.717) is 28.4 Å². The van der Waals surface area contributed by atoms with Crippen LogP contribution in [0.4, 0.5) is 11.6 Å². The maximum Gasteiger partial charge on any atom is 0.205 e. The van der Waals surface area contributed by atoms with Crippen LogP contribution in [0.1, 0.15) is 0 Å². The van der Waals surface area contributed by atoms with E-state index >= 15 is 0 Å². The van der Waals surface area contributed by atoms with Crippen LogP contribution >= 0.6 is 0 Å². The van der Waals surface area contributed by atoms with E-state index in [1.165, 1.54) is 6.07 Å². The molecule has 3 aromatic carbocycles. The van der Waals surface area contributed by atoms with Crippen molar-refractivity contribution in [3.63, 3.8) is 0 Å². The van der Waals surface area contributed by atoms with Crippen LogP contribution in [0.2, 0.25) is 0 Å². The van der Waals surface area contributed by atoms with Crippen molar-refractivity contribution in [1.82, 2.24) is 9.97 Å². The summed E-state index contributed by atoms with van der Waals surface area (Å²) in [5, 5.41) is 3.75. The summed E-state index contributed by atoms with van der Waals surface area (Å²) in [7, 11) is 1.57. The zero-order valence-electron chi connectivity index (χ0n) is 15.6. The number of aromatic amines is 1. The summed E-state index contributed by atoms with van der Waals surface area (Å²) in [6, 6.07) is 22.2. The van der Waals surface area contributed by atoms with Crippen molar-refractivity contribution in [2.75, 3.05) is 12.4 Å². The average molecular weight is 383 g/mol. The Morgan fingerprint density at radius 3 is 2.62 bits per heavy atom. The van der Waals surface area contributed by atoms with Crippen molar-refractivity contribution in [1.29, 1.82) is 0 Å². The van der Waals surface area contributed by atoms with Crippen LogP contribution < -0.4 is 15.5 Å². The predicted octanol–water partition coefficient (Wildman–Crippen LogP) is 5.09. The lowest BCUT2D eigenvalue weighted by Crippen LogP contribution is -2.00. The molecule has 0 unspecified atom stereocenters. The van der Waals surface area contributed by atoms with E-state index in [1.54, 1.807) is 25.3 Å². The number of ether oxygens (including phenoxy) is 1. The number of hydrogen-bond acceptors (Lipinski definition) is 5. The Hall–Kier alpha value is -4.06. The molecule has 6 heteroatoms. The Balaban J connectivity index is 1.44.